The van der Waals surface area contributed by atoms with Gasteiger partial charge < -0.3 is 4.74 Å². The number of nitro benzene ring substituents is 1. The third kappa shape index (κ3) is 3.42. The van der Waals surface area contributed by atoms with Gasteiger partial charge in [0.2, 0.25) is 6.29 Å². The first-order valence-corrected chi connectivity index (χ1v) is 7.48. The van der Waals surface area contributed by atoms with E-state index in [0.717, 1.165) is 0 Å². The van der Waals surface area contributed by atoms with Gasteiger partial charge >= 0.3 is 0 Å². The number of carbonyl (C=O) groups excluding carboxylic acids is 1. The molecule has 3 rings (SSSR count). The molecular formula is C17H16N2O5. The predicted octanol–water partition coefficient (Wildman–Crippen LogP) is 3.09. The van der Waals surface area contributed by atoms with Crippen LogP contribution in [-0.4, -0.2) is 28.5 Å². The highest BCUT2D eigenvalue weighted by Gasteiger charge is 2.31. The number of hydroxylamine groups is 2. The number of nitrogens with zero attached hydrogens (tertiary/aromatic N) is 2. The van der Waals surface area contributed by atoms with Gasteiger partial charge in [-0.1, -0.05) is 18.2 Å². The van der Waals surface area contributed by atoms with Crippen molar-refractivity contribution < 1.29 is 19.3 Å². The molecule has 24 heavy (non-hydrogen) atoms. The van der Waals surface area contributed by atoms with Crippen LogP contribution in [0.15, 0.2) is 54.6 Å². The molecule has 1 aliphatic rings. The molecule has 0 radical (unpaired) electrons. The van der Waals surface area contributed by atoms with Crippen molar-refractivity contribution in [3.05, 3.63) is 75.8 Å². The van der Waals surface area contributed by atoms with E-state index in [-0.39, 0.29) is 17.7 Å². The van der Waals surface area contributed by atoms with Crippen LogP contribution >= 0.6 is 0 Å². The zero-order valence-corrected chi connectivity index (χ0v) is 13.0. The minimum atomic E-state index is -0.790. The number of amides is 1. The lowest BCUT2D eigenvalue weighted by atomic mass is 10.2. The SMILES string of the molecule is C[C@@H]1CN(C(=O)c2ccccc2)O[C@H](c2ccc([N+](=O)[O-])cc2)O1. The average molecular weight is 328 g/mol. The minimum Gasteiger partial charge on any atom is -0.342 e. The van der Waals surface area contributed by atoms with Crippen molar-refractivity contribution in [3.63, 3.8) is 0 Å². The molecule has 2 aromatic rings. The van der Waals surface area contributed by atoms with Crippen molar-refractivity contribution in [3.8, 4) is 0 Å². The third-order valence-electron chi connectivity index (χ3n) is 3.63. The first-order chi connectivity index (χ1) is 11.5. The molecule has 7 nitrogen and oxygen atoms in total. The van der Waals surface area contributed by atoms with Crippen LogP contribution in [0.3, 0.4) is 0 Å². The van der Waals surface area contributed by atoms with E-state index in [1.54, 1.807) is 36.4 Å². The first-order valence-electron chi connectivity index (χ1n) is 7.48. The van der Waals surface area contributed by atoms with E-state index in [0.29, 0.717) is 17.7 Å². The second-order valence-electron chi connectivity index (χ2n) is 5.46. The van der Waals surface area contributed by atoms with Crippen LogP contribution in [0.1, 0.15) is 29.1 Å². The van der Waals surface area contributed by atoms with E-state index in [9.17, 15) is 14.9 Å². The fourth-order valence-corrected chi connectivity index (χ4v) is 2.42. The summed E-state index contributed by atoms with van der Waals surface area (Å²) in [5.41, 5.74) is 1.12. The van der Waals surface area contributed by atoms with Gasteiger partial charge in [-0.05, 0) is 31.2 Å². The fourth-order valence-electron chi connectivity index (χ4n) is 2.42. The van der Waals surface area contributed by atoms with Crippen molar-refractivity contribution in [1.82, 2.24) is 5.06 Å². The quantitative estimate of drug-likeness (QED) is 0.639. The standard InChI is InChI=1S/C17H16N2O5/c1-12-11-18(16(20)13-5-3-2-4-6-13)24-17(23-12)14-7-9-15(10-8-14)19(21)22/h2-10,12,17H,11H2,1H3/t12-,17-/m1/s1. The van der Waals surface area contributed by atoms with Gasteiger partial charge in [0, 0.05) is 23.3 Å². The number of non-ortho nitro benzene ring substituents is 1. The molecule has 124 valence electrons. The number of nitro groups is 1. The molecule has 1 aliphatic heterocycles. The maximum atomic E-state index is 12.5. The van der Waals surface area contributed by atoms with E-state index in [2.05, 4.69) is 0 Å². The van der Waals surface area contributed by atoms with Crippen LogP contribution < -0.4 is 0 Å². The van der Waals surface area contributed by atoms with E-state index < -0.39 is 11.2 Å². The number of hydrogen-bond donors (Lipinski definition) is 0. The molecule has 1 heterocycles. The molecule has 0 aromatic heterocycles. The van der Waals surface area contributed by atoms with Crippen LogP contribution in [0.4, 0.5) is 5.69 Å². The summed E-state index contributed by atoms with van der Waals surface area (Å²) >= 11 is 0. The Morgan fingerprint density at radius 1 is 1.17 bits per heavy atom. The van der Waals surface area contributed by atoms with E-state index in [1.807, 2.05) is 13.0 Å². The van der Waals surface area contributed by atoms with Crippen LogP contribution in [0, 0.1) is 10.1 Å². The Kier molecular flexibility index (Phi) is 4.54. The zero-order chi connectivity index (χ0) is 17.1. The predicted molar refractivity (Wildman–Crippen MR) is 84.9 cm³/mol. The van der Waals surface area contributed by atoms with Gasteiger partial charge in [-0.15, -0.1) is 0 Å². The molecule has 7 heteroatoms. The van der Waals surface area contributed by atoms with Gasteiger partial charge in [-0.25, -0.2) is 9.90 Å². The lowest BCUT2D eigenvalue weighted by Crippen LogP contribution is -2.44. The Hall–Kier alpha value is -2.77. The molecule has 1 saturated heterocycles. The molecule has 1 amide bonds. The van der Waals surface area contributed by atoms with Crippen molar-refractivity contribution in [2.24, 2.45) is 0 Å². The summed E-state index contributed by atoms with van der Waals surface area (Å²) in [6, 6.07) is 14.7. The van der Waals surface area contributed by atoms with Gasteiger partial charge in [-0.2, -0.15) is 0 Å². The first kappa shape index (κ1) is 16.1. The number of carbonyl (C=O) groups is 1. The zero-order valence-electron chi connectivity index (χ0n) is 13.0. The molecule has 2 aromatic carbocycles. The lowest BCUT2D eigenvalue weighted by molar-refractivity contribution is -0.385. The smallest absolute Gasteiger partial charge is 0.277 e. The Balaban J connectivity index is 1.78. The molecule has 0 aliphatic carbocycles. The number of rotatable bonds is 3. The van der Waals surface area contributed by atoms with E-state index in [4.69, 9.17) is 9.57 Å². The Labute approximate surface area is 138 Å². The van der Waals surface area contributed by atoms with Crippen molar-refractivity contribution in [2.45, 2.75) is 19.3 Å². The molecular weight excluding hydrogens is 312 g/mol. The van der Waals surface area contributed by atoms with Gasteiger partial charge in [-0.3, -0.25) is 14.9 Å². The van der Waals surface area contributed by atoms with Gasteiger partial charge in [0.15, 0.2) is 0 Å². The van der Waals surface area contributed by atoms with Crippen LogP contribution in [0.5, 0.6) is 0 Å². The second-order valence-corrected chi connectivity index (χ2v) is 5.46. The van der Waals surface area contributed by atoms with Crippen LogP contribution in [0.2, 0.25) is 0 Å². The number of ether oxygens (including phenoxy) is 1. The monoisotopic (exact) mass is 328 g/mol. The van der Waals surface area contributed by atoms with E-state index >= 15 is 0 Å². The molecule has 1 fully saturated rings. The molecule has 0 spiro atoms. The normalized spacial score (nSPS) is 20.6. The molecule has 2 atom stereocenters. The maximum absolute atomic E-state index is 12.5. The molecule has 0 saturated carbocycles. The van der Waals surface area contributed by atoms with Gasteiger partial charge in [0.05, 0.1) is 17.6 Å². The average Bonchev–Trinajstić information content (AvgIpc) is 2.61. The topological polar surface area (TPSA) is 81.9 Å². The summed E-state index contributed by atoms with van der Waals surface area (Å²) in [6.07, 6.45) is -1.02. The Bertz CT molecular complexity index is 732. The summed E-state index contributed by atoms with van der Waals surface area (Å²) in [6.45, 7) is 2.14. The van der Waals surface area contributed by atoms with Crippen molar-refractivity contribution in [1.29, 1.82) is 0 Å². The van der Waals surface area contributed by atoms with Crippen molar-refractivity contribution in [2.75, 3.05) is 6.54 Å². The molecule has 0 bridgehead atoms. The fraction of sp³-hybridized carbons (Fsp3) is 0.235. The highest BCUT2D eigenvalue weighted by Crippen LogP contribution is 2.28. The Morgan fingerprint density at radius 2 is 1.83 bits per heavy atom. The van der Waals surface area contributed by atoms with E-state index in [1.165, 1.54) is 17.2 Å². The van der Waals surface area contributed by atoms with Crippen LogP contribution in [-0.2, 0) is 9.57 Å². The summed E-state index contributed by atoms with van der Waals surface area (Å²) in [5.74, 6) is -0.252. The van der Waals surface area contributed by atoms with Crippen LogP contribution in [0.25, 0.3) is 0 Å². The summed E-state index contributed by atoms with van der Waals surface area (Å²) in [5, 5.41) is 12.0. The molecule has 0 N–H and O–H groups in total. The second kappa shape index (κ2) is 6.77. The third-order valence-corrected chi connectivity index (χ3v) is 3.63. The highest BCUT2D eigenvalue weighted by atomic mass is 16.8. The minimum absolute atomic E-state index is 0.0141. The van der Waals surface area contributed by atoms with Gasteiger partial charge in [0.25, 0.3) is 11.6 Å². The number of hydrogen-bond acceptors (Lipinski definition) is 5. The molecule has 0 unspecified atom stereocenters. The van der Waals surface area contributed by atoms with Gasteiger partial charge in [0.1, 0.15) is 0 Å². The highest BCUT2D eigenvalue weighted by molar-refractivity contribution is 5.93. The van der Waals surface area contributed by atoms with Crippen molar-refractivity contribution >= 4 is 11.6 Å². The number of benzene rings is 2. The summed E-state index contributed by atoms with van der Waals surface area (Å²) < 4.78 is 5.70. The Morgan fingerprint density at radius 3 is 2.46 bits per heavy atom. The lowest BCUT2D eigenvalue weighted by Gasteiger charge is -2.36. The largest absolute Gasteiger partial charge is 0.342 e. The summed E-state index contributed by atoms with van der Waals surface area (Å²) in [7, 11) is 0. The maximum Gasteiger partial charge on any atom is 0.277 e. The summed E-state index contributed by atoms with van der Waals surface area (Å²) in [4.78, 5) is 28.4.